The molecule has 0 aliphatic carbocycles. The standard InChI is InChI=1S/C18H15BFN5O2/c1-21-17-9-22-24-16-6-11(2-4-14(16)17)15-7-12(19(26)27)3-5-18(15)25-10-13(20)8-23-25/h2-10,26-27H,1H3,(H,21,24). The molecule has 0 aliphatic rings. The van der Waals surface area contributed by atoms with E-state index in [0.717, 1.165) is 22.8 Å². The summed E-state index contributed by atoms with van der Waals surface area (Å²) in [4.78, 5) is 0. The van der Waals surface area contributed by atoms with Gasteiger partial charge in [0.15, 0.2) is 5.82 Å². The number of benzene rings is 2. The van der Waals surface area contributed by atoms with E-state index in [1.54, 1.807) is 31.4 Å². The lowest BCUT2D eigenvalue weighted by atomic mass is 9.78. The first-order chi connectivity index (χ1) is 13.1. The molecule has 27 heavy (non-hydrogen) atoms. The molecule has 0 saturated carbocycles. The van der Waals surface area contributed by atoms with Crippen molar-refractivity contribution < 1.29 is 14.4 Å². The van der Waals surface area contributed by atoms with Crippen molar-refractivity contribution in [1.82, 2.24) is 20.0 Å². The lowest BCUT2D eigenvalue weighted by Gasteiger charge is -2.13. The molecule has 0 radical (unpaired) electrons. The number of anilines is 1. The van der Waals surface area contributed by atoms with Gasteiger partial charge in [0.25, 0.3) is 0 Å². The summed E-state index contributed by atoms with van der Waals surface area (Å²) in [6, 6.07) is 10.5. The molecule has 0 unspecified atom stereocenters. The molecule has 0 bridgehead atoms. The third-order valence-corrected chi connectivity index (χ3v) is 4.34. The fourth-order valence-electron chi connectivity index (χ4n) is 3.01. The quantitative estimate of drug-likeness (QED) is 0.474. The molecule has 4 aromatic rings. The number of fused-ring (bicyclic) bond motifs is 1. The van der Waals surface area contributed by atoms with Gasteiger partial charge in [0.2, 0.25) is 0 Å². The molecule has 2 heterocycles. The molecule has 7 nitrogen and oxygen atoms in total. The summed E-state index contributed by atoms with van der Waals surface area (Å²) in [5.41, 5.74) is 3.85. The van der Waals surface area contributed by atoms with Crippen molar-refractivity contribution in [2.75, 3.05) is 12.4 Å². The Balaban J connectivity index is 1.93. The second kappa shape index (κ2) is 6.78. The first-order valence-corrected chi connectivity index (χ1v) is 8.21. The smallest absolute Gasteiger partial charge is 0.423 e. The van der Waals surface area contributed by atoms with Crippen LogP contribution in [-0.2, 0) is 0 Å². The Morgan fingerprint density at radius 1 is 1.11 bits per heavy atom. The van der Waals surface area contributed by atoms with Crippen molar-refractivity contribution in [3.63, 3.8) is 0 Å². The predicted octanol–water partition coefficient (Wildman–Crippen LogP) is 1.34. The van der Waals surface area contributed by atoms with E-state index in [2.05, 4.69) is 20.6 Å². The Labute approximate surface area is 154 Å². The summed E-state index contributed by atoms with van der Waals surface area (Å²) in [6.45, 7) is 0. The second-order valence-electron chi connectivity index (χ2n) is 5.99. The van der Waals surface area contributed by atoms with Crippen molar-refractivity contribution in [2.24, 2.45) is 0 Å². The Morgan fingerprint density at radius 3 is 2.67 bits per heavy atom. The predicted molar refractivity (Wildman–Crippen MR) is 101 cm³/mol. The summed E-state index contributed by atoms with van der Waals surface area (Å²) in [5.74, 6) is -0.463. The zero-order valence-electron chi connectivity index (χ0n) is 14.3. The van der Waals surface area contributed by atoms with Crippen molar-refractivity contribution in [1.29, 1.82) is 0 Å². The maximum Gasteiger partial charge on any atom is 0.488 e. The Morgan fingerprint density at radius 2 is 1.96 bits per heavy atom. The van der Waals surface area contributed by atoms with Crippen LogP contribution in [0.15, 0.2) is 55.0 Å². The van der Waals surface area contributed by atoms with Crippen LogP contribution in [0, 0.1) is 5.82 Å². The molecule has 4 rings (SSSR count). The van der Waals surface area contributed by atoms with E-state index in [9.17, 15) is 14.4 Å². The highest BCUT2D eigenvalue weighted by molar-refractivity contribution is 6.58. The van der Waals surface area contributed by atoms with Gasteiger partial charge >= 0.3 is 7.12 Å². The van der Waals surface area contributed by atoms with Crippen LogP contribution < -0.4 is 10.8 Å². The van der Waals surface area contributed by atoms with Gasteiger partial charge in [0.1, 0.15) is 0 Å². The zero-order chi connectivity index (χ0) is 19.0. The topological polar surface area (TPSA) is 96.1 Å². The SMILES string of the molecule is CNc1cnnc2cc(-c3cc(B(O)O)ccc3-n3cc(F)cn3)ccc12. The number of nitrogens with one attached hydrogen (secondary N) is 1. The molecule has 134 valence electrons. The van der Waals surface area contributed by atoms with Crippen molar-refractivity contribution >= 4 is 29.2 Å². The minimum atomic E-state index is -1.62. The summed E-state index contributed by atoms with van der Waals surface area (Å²) < 4.78 is 14.9. The molecule has 0 atom stereocenters. The molecular weight excluding hydrogens is 348 g/mol. The van der Waals surface area contributed by atoms with E-state index in [4.69, 9.17) is 0 Å². The molecular formula is C18H15BFN5O2. The average Bonchev–Trinajstić information content (AvgIpc) is 3.12. The third-order valence-electron chi connectivity index (χ3n) is 4.34. The van der Waals surface area contributed by atoms with Crippen LogP contribution in [0.3, 0.4) is 0 Å². The lowest BCUT2D eigenvalue weighted by molar-refractivity contribution is 0.426. The van der Waals surface area contributed by atoms with Gasteiger partial charge in [-0.15, -0.1) is 0 Å². The number of aromatic nitrogens is 4. The van der Waals surface area contributed by atoms with Crippen LogP contribution in [0.4, 0.5) is 10.1 Å². The maximum atomic E-state index is 13.5. The van der Waals surface area contributed by atoms with Gasteiger partial charge in [-0.3, -0.25) is 0 Å². The summed E-state index contributed by atoms with van der Waals surface area (Å²) >= 11 is 0. The second-order valence-corrected chi connectivity index (χ2v) is 5.99. The van der Waals surface area contributed by atoms with Crippen LogP contribution in [0.2, 0.25) is 0 Å². The normalized spacial score (nSPS) is 11.0. The highest BCUT2D eigenvalue weighted by Crippen LogP contribution is 2.30. The van der Waals surface area contributed by atoms with E-state index in [0.29, 0.717) is 22.2 Å². The number of halogens is 1. The maximum absolute atomic E-state index is 13.5. The summed E-state index contributed by atoms with van der Waals surface area (Å²) in [6.07, 6.45) is 4.01. The third kappa shape index (κ3) is 3.14. The van der Waals surface area contributed by atoms with Crippen LogP contribution >= 0.6 is 0 Å². The minimum Gasteiger partial charge on any atom is -0.423 e. The Kier molecular flexibility index (Phi) is 4.31. The number of hydrogen-bond acceptors (Lipinski definition) is 6. The van der Waals surface area contributed by atoms with Crippen LogP contribution in [0.25, 0.3) is 27.7 Å². The highest BCUT2D eigenvalue weighted by Gasteiger charge is 2.17. The van der Waals surface area contributed by atoms with Crippen molar-refractivity contribution in [3.8, 4) is 16.8 Å². The molecule has 0 saturated heterocycles. The van der Waals surface area contributed by atoms with Gasteiger partial charge in [-0.1, -0.05) is 18.2 Å². The Bertz CT molecular complexity index is 1130. The lowest BCUT2D eigenvalue weighted by Crippen LogP contribution is -2.30. The van der Waals surface area contributed by atoms with E-state index in [1.165, 1.54) is 10.9 Å². The van der Waals surface area contributed by atoms with Crippen LogP contribution in [-0.4, -0.2) is 44.2 Å². The van der Waals surface area contributed by atoms with Gasteiger partial charge in [0, 0.05) is 18.0 Å². The Hall–Kier alpha value is -3.30. The minimum absolute atomic E-state index is 0.316. The van der Waals surface area contributed by atoms with Gasteiger partial charge in [-0.2, -0.15) is 15.3 Å². The van der Waals surface area contributed by atoms with Crippen LogP contribution in [0.5, 0.6) is 0 Å². The van der Waals surface area contributed by atoms with Crippen molar-refractivity contribution in [3.05, 3.63) is 60.8 Å². The summed E-state index contributed by atoms with van der Waals surface area (Å²) in [7, 11) is 0.184. The zero-order valence-corrected chi connectivity index (χ0v) is 14.3. The average molecular weight is 363 g/mol. The molecule has 0 spiro atoms. The van der Waals surface area contributed by atoms with Crippen molar-refractivity contribution in [2.45, 2.75) is 0 Å². The first kappa shape index (κ1) is 17.1. The number of rotatable bonds is 4. The van der Waals surface area contributed by atoms with E-state index in [1.807, 2.05) is 18.2 Å². The van der Waals surface area contributed by atoms with E-state index in [-0.39, 0.29) is 0 Å². The fraction of sp³-hybridized carbons (Fsp3) is 0.0556. The summed E-state index contributed by atoms with van der Waals surface area (Å²) in [5, 5.41) is 35.2. The highest BCUT2D eigenvalue weighted by atomic mass is 19.1. The molecule has 2 aromatic heterocycles. The van der Waals surface area contributed by atoms with Gasteiger partial charge in [-0.25, -0.2) is 9.07 Å². The van der Waals surface area contributed by atoms with E-state index >= 15 is 0 Å². The molecule has 9 heteroatoms. The fourth-order valence-corrected chi connectivity index (χ4v) is 3.01. The largest absolute Gasteiger partial charge is 0.488 e. The number of hydrogen-bond donors (Lipinski definition) is 3. The molecule has 3 N–H and O–H groups in total. The molecule has 0 aliphatic heterocycles. The van der Waals surface area contributed by atoms with E-state index < -0.39 is 12.9 Å². The first-order valence-electron chi connectivity index (χ1n) is 8.21. The molecule has 0 fully saturated rings. The van der Waals surface area contributed by atoms with Crippen LogP contribution in [0.1, 0.15) is 0 Å². The molecule has 2 aromatic carbocycles. The van der Waals surface area contributed by atoms with Gasteiger partial charge in [0.05, 0.1) is 35.5 Å². The van der Waals surface area contributed by atoms with Gasteiger partial charge in [-0.05, 0) is 29.2 Å². The molecule has 0 amide bonds. The van der Waals surface area contributed by atoms with Gasteiger partial charge < -0.3 is 15.4 Å². The number of nitrogens with zero attached hydrogens (tertiary/aromatic N) is 4. The monoisotopic (exact) mass is 363 g/mol.